The lowest BCUT2D eigenvalue weighted by molar-refractivity contribution is -0.151. The van der Waals surface area contributed by atoms with Gasteiger partial charge in [-0.25, -0.2) is 47.9 Å². The molecule has 0 saturated heterocycles. The highest BCUT2D eigenvalue weighted by Crippen LogP contribution is 2.16. The normalized spacial score (nSPS) is 12.1. The number of carboxylic acid groups (broad SMARTS) is 2. The molecule has 3 aromatic carbocycles. The van der Waals surface area contributed by atoms with Crippen molar-refractivity contribution in [2.45, 2.75) is 6.92 Å². The molecule has 2 aliphatic rings. The van der Waals surface area contributed by atoms with Gasteiger partial charge in [-0.1, -0.05) is 31.2 Å². The molecule has 0 radical (unpaired) electrons. The minimum Gasteiger partial charge on any atom is -0.478 e. The van der Waals surface area contributed by atoms with Crippen LogP contribution in [0.5, 0.6) is 0 Å². The van der Waals surface area contributed by atoms with Gasteiger partial charge in [-0.15, -0.1) is 0 Å². The fraction of sp³-hybridized carbons (Fsp3) is 0.111. The zero-order chi connectivity index (χ0) is 40.4. The predicted octanol–water partition coefficient (Wildman–Crippen LogP) is 1.94. The number of hydrogen-bond donors (Lipinski definition) is 4. The van der Waals surface area contributed by atoms with Gasteiger partial charge < -0.3 is 39.4 Å². The van der Waals surface area contributed by atoms with Crippen molar-refractivity contribution in [1.82, 2.24) is 0 Å². The number of cyclic esters (lactones) is 4. The molecular weight excluding hydrogens is 720 g/mol. The summed E-state index contributed by atoms with van der Waals surface area (Å²) in [5.74, 6) is -9.62. The maximum absolute atomic E-state index is 12.5. The van der Waals surface area contributed by atoms with Gasteiger partial charge in [0.1, 0.15) is 0 Å². The quantitative estimate of drug-likeness (QED) is 0.145. The highest BCUT2D eigenvalue weighted by Gasteiger charge is 2.25. The van der Waals surface area contributed by atoms with Gasteiger partial charge in [0.2, 0.25) is 0 Å². The van der Waals surface area contributed by atoms with Crippen molar-refractivity contribution in [3.8, 4) is 0 Å². The van der Waals surface area contributed by atoms with Gasteiger partial charge in [-0.2, -0.15) is 0 Å². The average molecular weight is 749 g/mol. The lowest BCUT2D eigenvalue weighted by Crippen LogP contribution is -2.19. The van der Waals surface area contributed by atoms with Crippen molar-refractivity contribution in [2.75, 3.05) is 13.2 Å². The second kappa shape index (κ2) is 21.0. The Morgan fingerprint density at radius 1 is 0.519 bits per heavy atom. The van der Waals surface area contributed by atoms with E-state index in [0.29, 0.717) is 0 Å². The molecule has 0 spiro atoms. The number of ether oxygens (including phenoxy) is 4. The molecule has 3 aromatic rings. The number of aromatic carboxylic acids is 2. The Morgan fingerprint density at radius 2 is 0.833 bits per heavy atom. The molecule has 54 heavy (non-hydrogen) atoms. The van der Waals surface area contributed by atoms with E-state index in [4.69, 9.17) is 29.9 Å². The van der Waals surface area contributed by atoms with E-state index in [1.54, 1.807) is 6.92 Å². The third-order valence-electron chi connectivity index (χ3n) is 6.16. The number of aliphatic hydroxyl groups excluding tert-OH is 2. The van der Waals surface area contributed by atoms with Crippen LogP contribution in [0, 0.1) is 5.92 Å². The third kappa shape index (κ3) is 14.1. The first-order valence-electron chi connectivity index (χ1n) is 14.9. The van der Waals surface area contributed by atoms with Crippen molar-refractivity contribution in [2.24, 2.45) is 5.92 Å². The molecule has 5 rings (SSSR count). The summed E-state index contributed by atoms with van der Waals surface area (Å²) in [7, 11) is 0. The van der Waals surface area contributed by atoms with E-state index in [1.807, 2.05) is 0 Å². The van der Waals surface area contributed by atoms with Crippen molar-refractivity contribution in [3.05, 3.63) is 130 Å². The van der Waals surface area contributed by atoms with Crippen LogP contribution in [-0.4, -0.2) is 93.3 Å². The van der Waals surface area contributed by atoms with Crippen LogP contribution in [0.4, 0.5) is 0 Å². The summed E-state index contributed by atoms with van der Waals surface area (Å²) in [4.78, 5) is 111. The molecule has 18 heteroatoms. The Bertz CT molecular complexity index is 1850. The smallest absolute Gasteiger partial charge is 0.346 e. The fourth-order valence-electron chi connectivity index (χ4n) is 3.46. The SMILES string of the molecule is CC(CO)CO.O=C(O)c1cccc(C(=O)OC(=O)c2ccccc2C(=O)OC(=O)c2cccc(C(=O)O)c2)c1.O=C1C=CC(=O)O1.O=C1C=CC(=O)O1. The van der Waals surface area contributed by atoms with Crippen LogP contribution in [0.2, 0.25) is 0 Å². The Hall–Kier alpha value is -7.44. The fourth-order valence-corrected chi connectivity index (χ4v) is 3.46. The monoisotopic (exact) mass is 748 g/mol. The van der Waals surface area contributed by atoms with E-state index in [9.17, 15) is 47.9 Å². The number of carboxylic acids is 2. The van der Waals surface area contributed by atoms with Crippen molar-refractivity contribution in [1.29, 1.82) is 0 Å². The Balaban J connectivity index is 0.000000404. The van der Waals surface area contributed by atoms with Gasteiger partial charge in [0.05, 0.1) is 33.4 Å². The van der Waals surface area contributed by atoms with E-state index in [2.05, 4.69) is 9.47 Å². The van der Waals surface area contributed by atoms with Crippen molar-refractivity contribution >= 4 is 59.7 Å². The van der Waals surface area contributed by atoms with E-state index in [1.165, 1.54) is 48.5 Å². The highest BCUT2D eigenvalue weighted by molar-refractivity contribution is 6.11. The van der Waals surface area contributed by atoms with Gasteiger partial charge >= 0.3 is 59.7 Å². The van der Waals surface area contributed by atoms with Gasteiger partial charge in [0.25, 0.3) is 0 Å². The van der Waals surface area contributed by atoms with Gasteiger partial charge in [0, 0.05) is 43.4 Å². The van der Waals surface area contributed by atoms with Crippen LogP contribution < -0.4 is 0 Å². The first kappa shape index (κ1) is 42.7. The van der Waals surface area contributed by atoms with Crippen LogP contribution in [0.1, 0.15) is 69.1 Å². The highest BCUT2D eigenvalue weighted by atomic mass is 16.6. The Kier molecular flexibility index (Phi) is 16.7. The van der Waals surface area contributed by atoms with E-state index >= 15 is 0 Å². The molecule has 18 nitrogen and oxygen atoms in total. The van der Waals surface area contributed by atoms with E-state index in [0.717, 1.165) is 48.6 Å². The zero-order valence-corrected chi connectivity index (χ0v) is 27.7. The molecule has 0 fully saturated rings. The van der Waals surface area contributed by atoms with Gasteiger partial charge in [-0.05, 0) is 48.5 Å². The first-order valence-corrected chi connectivity index (χ1v) is 14.9. The summed E-state index contributed by atoms with van der Waals surface area (Å²) in [6.45, 7) is 1.94. The van der Waals surface area contributed by atoms with Crippen LogP contribution in [0.3, 0.4) is 0 Å². The Morgan fingerprint density at radius 3 is 1.07 bits per heavy atom. The molecular formula is C36H28O18. The molecule has 0 bridgehead atoms. The number of aliphatic hydroxyl groups is 2. The topological polar surface area (TPSA) is 289 Å². The molecule has 2 heterocycles. The van der Waals surface area contributed by atoms with Gasteiger partial charge in [-0.3, -0.25) is 0 Å². The van der Waals surface area contributed by atoms with Crippen molar-refractivity contribution < 1.29 is 87.3 Å². The van der Waals surface area contributed by atoms with E-state index < -0.39 is 59.7 Å². The standard InChI is InChI=1S/C24H14O10.2C4H2O3.C4H10O2/c25-19(26)13-5-3-7-15(11-13)21(29)33-23(31)17-9-1-2-10-18(17)24(32)34-22(30)16-8-4-6-14(12-16)20(27)28;2*5-3-1-2-4(6)7-3;1-4(2-5)3-6/h1-12H,(H,25,26)(H,27,28);2*1-2H;4-6H,2-3H2,1H3. The molecule has 0 saturated carbocycles. The van der Waals surface area contributed by atoms with Crippen LogP contribution in [-0.2, 0) is 38.1 Å². The van der Waals surface area contributed by atoms with Crippen LogP contribution in [0.25, 0.3) is 0 Å². The summed E-state index contributed by atoms with van der Waals surface area (Å²) in [6.07, 6.45) is 4.34. The number of esters is 8. The molecule has 280 valence electrons. The molecule has 0 atom stereocenters. The summed E-state index contributed by atoms with van der Waals surface area (Å²) < 4.78 is 17.4. The minimum atomic E-state index is -1.28. The number of rotatable bonds is 8. The minimum absolute atomic E-state index is 0.0463. The summed E-state index contributed by atoms with van der Waals surface area (Å²) in [5, 5.41) is 34.4. The second-order valence-corrected chi connectivity index (χ2v) is 10.3. The summed E-state index contributed by atoms with van der Waals surface area (Å²) in [6, 6.07) is 14.7. The number of benzene rings is 3. The maximum atomic E-state index is 12.5. The molecule has 2 aliphatic heterocycles. The number of carbonyl (C=O) groups excluding carboxylic acids is 8. The maximum Gasteiger partial charge on any atom is 0.346 e. The van der Waals surface area contributed by atoms with Crippen molar-refractivity contribution in [3.63, 3.8) is 0 Å². The number of carbonyl (C=O) groups is 10. The van der Waals surface area contributed by atoms with Gasteiger partial charge in [0.15, 0.2) is 0 Å². The van der Waals surface area contributed by atoms with E-state index in [-0.39, 0.29) is 52.5 Å². The molecule has 0 unspecified atom stereocenters. The molecule has 4 N–H and O–H groups in total. The third-order valence-corrected chi connectivity index (χ3v) is 6.16. The summed E-state index contributed by atoms with van der Waals surface area (Å²) in [5.41, 5.74) is -1.58. The summed E-state index contributed by atoms with van der Waals surface area (Å²) >= 11 is 0. The largest absolute Gasteiger partial charge is 0.478 e. The second-order valence-electron chi connectivity index (χ2n) is 10.3. The average Bonchev–Trinajstić information content (AvgIpc) is 3.75. The molecule has 0 amide bonds. The molecule has 0 aromatic heterocycles. The first-order chi connectivity index (χ1) is 25.6. The molecule has 0 aliphatic carbocycles. The number of hydrogen-bond acceptors (Lipinski definition) is 16. The lowest BCUT2D eigenvalue weighted by Gasteiger charge is -2.09. The predicted molar refractivity (Wildman–Crippen MR) is 177 cm³/mol. The van der Waals surface area contributed by atoms with Crippen LogP contribution >= 0.6 is 0 Å². The lowest BCUT2D eigenvalue weighted by atomic mass is 10.1. The Labute approximate surface area is 303 Å². The zero-order valence-electron chi connectivity index (χ0n) is 27.7. The van der Waals surface area contributed by atoms with Crippen LogP contribution in [0.15, 0.2) is 97.1 Å².